The van der Waals surface area contributed by atoms with Crippen LogP contribution in [0.2, 0.25) is 5.02 Å². The van der Waals surface area contributed by atoms with Gasteiger partial charge in [0.2, 0.25) is 0 Å². The van der Waals surface area contributed by atoms with E-state index in [4.69, 9.17) is 20.8 Å². The van der Waals surface area contributed by atoms with Crippen LogP contribution in [0.1, 0.15) is 23.0 Å². The standard InChI is InChI=1S/C21H19ClN2O4/c1-14(28-16-7-4-6-15(22)12-16)20(25)24-19-10-3-2-9-18(19)21(26)23-13-17-8-5-11-27-17/h2-12,14H,13H2,1H3,(H,23,26)(H,24,25)/t14-/m0/s1. The summed E-state index contributed by atoms with van der Waals surface area (Å²) in [6.45, 7) is 1.87. The van der Waals surface area contributed by atoms with Crippen molar-refractivity contribution in [2.45, 2.75) is 19.6 Å². The Morgan fingerprint density at radius 1 is 1.11 bits per heavy atom. The van der Waals surface area contributed by atoms with Gasteiger partial charge in [-0.25, -0.2) is 0 Å². The molecule has 28 heavy (non-hydrogen) atoms. The van der Waals surface area contributed by atoms with Gasteiger partial charge < -0.3 is 19.8 Å². The normalized spacial score (nSPS) is 11.5. The zero-order valence-electron chi connectivity index (χ0n) is 15.1. The van der Waals surface area contributed by atoms with Crippen LogP contribution in [0.4, 0.5) is 5.69 Å². The molecule has 144 valence electrons. The van der Waals surface area contributed by atoms with Crippen LogP contribution in [0.25, 0.3) is 0 Å². The molecule has 3 aromatic rings. The largest absolute Gasteiger partial charge is 0.481 e. The molecule has 2 N–H and O–H groups in total. The highest BCUT2D eigenvalue weighted by molar-refractivity contribution is 6.30. The van der Waals surface area contributed by atoms with Crippen LogP contribution in [-0.4, -0.2) is 17.9 Å². The topological polar surface area (TPSA) is 80.6 Å². The zero-order valence-corrected chi connectivity index (χ0v) is 15.9. The number of nitrogens with one attached hydrogen (secondary N) is 2. The lowest BCUT2D eigenvalue weighted by molar-refractivity contribution is -0.122. The molecule has 6 nitrogen and oxygen atoms in total. The number of furan rings is 1. The molecule has 7 heteroatoms. The molecule has 3 rings (SSSR count). The van der Waals surface area contributed by atoms with E-state index in [1.807, 2.05) is 0 Å². The summed E-state index contributed by atoms with van der Waals surface area (Å²) in [5.74, 6) is 0.417. The van der Waals surface area contributed by atoms with E-state index in [0.717, 1.165) is 0 Å². The van der Waals surface area contributed by atoms with Crippen LogP contribution in [0, 0.1) is 0 Å². The van der Waals surface area contributed by atoms with Crippen molar-refractivity contribution in [1.29, 1.82) is 0 Å². The Morgan fingerprint density at radius 2 is 1.93 bits per heavy atom. The summed E-state index contributed by atoms with van der Waals surface area (Å²) in [4.78, 5) is 25.0. The fraction of sp³-hybridized carbons (Fsp3) is 0.143. The number of hydrogen-bond acceptors (Lipinski definition) is 4. The quantitative estimate of drug-likeness (QED) is 0.622. The van der Waals surface area contributed by atoms with Gasteiger partial charge in [0.05, 0.1) is 24.1 Å². The van der Waals surface area contributed by atoms with Crippen molar-refractivity contribution in [2.75, 3.05) is 5.32 Å². The van der Waals surface area contributed by atoms with Crippen molar-refractivity contribution < 1.29 is 18.7 Å². The molecule has 2 aromatic carbocycles. The highest BCUT2D eigenvalue weighted by Gasteiger charge is 2.18. The molecule has 0 bridgehead atoms. The average molecular weight is 399 g/mol. The first kappa shape index (κ1) is 19.5. The zero-order chi connectivity index (χ0) is 19.9. The van der Waals surface area contributed by atoms with Crippen LogP contribution >= 0.6 is 11.6 Å². The van der Waals surface area contributed by atoms with Crippen LogP contribution in [0.3, 0.4) is 0 Å². The number of anilines is 1. The Kier molecular flexibility index (Phi) is 6.34. The molecule has 2 amide bonds. The maximum atomic E-state index is 12.5. The molecule has 0 aliphatic carbocycles. The molecule has 0 aliphatic rings. The molecule has 0 radical (unpaired) electrons. The summed E-state index contributed by atoms with van der Waals surface area (Å²) < 4.78 is 10.8. The highest BCUT2D eigenvalue weighted by atomic mass is 35.5. The molecule has 1 aromatic heterocycles. The number of carbonyl (C=O) groups excluding carboxylic acids is 2. The predicted octanol–water partition coefficient (Wildman–Crippen LogP) is 4.27. The second-order valence-electron chi connectivity index (χ2n) is 6.01. The van der Waals surface area contributed by atoms with Gasteiger partial charge >= 0.3 is 0 Å². The summed E-state index contributed by atoms with van der Waals surface area (Å²) in [5, 5.41) is 6.02. The molecular formula is C21H19ClN2O4. The lowest BCUT2D eigenvalue weighted by atomic mass is 10.1. The second kappa shape index (κ2) is 9.10. The fourth-order valence-corrected chi connectivity index (χ4v) is 2.68. The molecule has 0 unspecified atom stereocenters. The van der Waals surface area contributed by atoms with Gasteiger partial charge in [0.25, 0.3) is 11.8 Å². The van der Waals surface area contributed by atoms with Gasteiger partial charge in [0.15, 0.2) is 6.10 Å². The van der Waals surface area contributed by atoms with Gasteiger partial charge in [-0.3, -0.25) is 9.59 Å². The SMILES string of the molecule is C[C@H](Oc1cccc(Cl)c1)C(=O)Nc1ccccc1C(=O)NCc1ccco1. The number of halogens is 1. The van der Waals surface area contributed by atoms with Crippen molar-refractivity contribution in [2.24, 2.45) is 0 Å². The first-order valence-electron chi connectivity index (χ1n) is 8.65. The van der Waals surface area contributed by atoms with E-state index in [1.54, 1.807) is 67.6 Å². The number of benzene rings is 2. The minimum atomic E-state index is -0.780. The van der Waals surface area contributed by atoms with Crippen molar-refractivity contribution in [3.05, 3.63) is 83.3 Å². The highest BCUT2D eigenvalue weighted by Crippen LogP contribution is 2.20. The van der Waals surface area contributed by atoms with Crippen molar-refractivity contribution in [1.82, 2.24) is 5.32 Å². The maximum Gasteiger partial charge on any atom is 0.265 e. The van der Waals surface area contributed by atoms with Crippen molar-refractivity contribution in [3.63, 3.8) is 0 Å². The maximum absolute atomic E-state index is 12.5. The molecule has 0 spiro atoms. The van der Waals surface area contributed by atoms with Crippen molar-refractivity contribution in [3.8, 4) is 5.75 Å². The molecule has 0 fully saturated rings. The van der Waals surface area contributed by atoms with Crippen LogP contribution in [0.15, 0.2) is 71.3 Å². The van der Waals surface area contributed by atoms with Gasteiger partial charge in [0, 0.05) is 5.02 Å². The molecular weight excluding hydrogens is 380 g/mol. The third-order valence-corrected chi connectivity index (χ3v) is 4.15. The van der Waals surface area contributed by atoms with Gasteiger partial charge in [-0.05, 0) is 49.4 Å². The number of rotatable bonds is 7. The molecule has 0 aliphatic heterocycles. The first-order valence-corrected chi connectivity index (χ1v) is 9.03. The van der Waals surface area contributed by atoms with Gasteiger partial charge in [0.1, 0.15) is 11.5 Å². The van der Waals surface area contributed by atoms with E-state index in [1.165, 1.54) is 6.26 Å². The number of hydrogen-bond donors (Lipinski definition) is 2. The minimum Gasteiger partial charge on any atom is -0.481 e. The Labute approximate surface area is 167 Å². The fourth-order valence-electron chi connectivity index (χ4n) is 2.50. The number of ether oxygens (including phenoxy) is 1. The van der Waals surface area contributed by atoms with E-state index in [9.17, 15) is 9.59 Å². The predicted molar refractivity (Wildman–Crippen MR) is 106 cm³/mol. The van der Waals surface area contributed by atoms with Gasteiger partial charge in [-0.2, -0.15) is 0 Å². The lowest BCUT2D eigenvalue weighted by Crippen LogP contribution is -2.31. The summed E-state index contributed by atoms with van der Waals surface area (Å²) >= 11 is 5.93. The Morgan fingerprint density at radius 3 is 2.68 bits per heavy atom. The number of amides is 2. The number of carbonyl (C=O) groups is 2. The van der Waals surface area contributed by atoms with E-state index in [2.05, 4.69) is 10.6 Å². The van der Waals surface area contributed by atoms with E-state index in [-0.39, 0.29) is 18.4 Å². The summed E-state index contributed by atoms with van der Waals surface area (Å²) in [6.07, 6.45) is 0.759. The van der Waals surface area contributed by atoms with E-state index >= 15 is 0 Å². The third-order valence-electron chi connectivity index (χ3n) is 3.91. The lowest BCUT2D eigenvalue weighted by Gasteiger charge is -2.16. The van der Waals surface area contributed by atoms with Crippen LogP contribution in [-0.2, 0) is 11.3 Å². The summed E-state index contributed by atoms with van der Waals surface area (Å²) in [5.41, 5.74) is 0.739. The molecule has 0 saturated carbocycles. The smallest absolute Gasteiger partial charge is 0.265 e. The van der Waals surface area contributed by atoms with Crippen LogP contribution < -0.4 is 15.4 Å². The minimum absolute atomic E-state index is 0.252. The first-order chi connectivity index (χ1) is 13.5. The summed E-state index contributed by atoms with van der Waals surface area (Å²) in [6, 6.07) is 17.1. The molecule has 0 saturated heterocycles. The van der Waals surface area contributed by atoms with Crippen molar-refractivity contribution >= 4 is 29.1 Å². The van der Waals surface area contributed by atoms with E-state index < -0.39 is 6.10 Å². The van der Waals surface area contributed by atoms with Gasteiger partial charge in [-0.1, -0.05) is 29.8 Å². The third kappa shape index (κ3) is 5.14. The van der Waals surface area contributed by atoms with Crippen LogP contribution in [0.5, 0.6) is 5.75 Å². The number of para-hydroxylation sites is 1. The molecule has 1 atom stereocenters. The average Bonchev–Trinajstić information content (AvgIpc) is 3.20. The van der Waals surface area contributed by atoms with Gasteiger partial charge in [-0.15, -0.1) is 0 Å². The summed E-state index contributed by atoms with van der Waals surface area (Å²) in [7, 11) is 0. The second-order valence-corrected chi connectivity index (χ2v) is 6.45. The van der Waals surface area contributed by atoms with E-state index in [0.29, 0.717) is 27.8 Å². The Hall–Kier alpha value is -3.25. The Bertz CT molecular complexity index is 957. The monoisotopic (exact) mass is 398 g/mol. The Balaban J connectivity index is 1.64. The molecule has 1 heterocycles.